The van der Waals surface area contributed by atoms with Crippen molar-refractivity contribution in [1.29, 1.82) is 0 Å². The van der Waals surface area contributed by atoms with E-state index in [1.54, 1.807) is 0 Å². The van der Waals surface area contributed by atoms with Gasteiger partial charge in [-0.3, -0.25) is 9.69 Å². The number of nitrogens with zero attached hydrogens (tertiary/aromatic N) is 2. The predicted octanol–water partition coefficient (Wildman–Crippen LogP) is 0.683. The molecule has 0 atom stereocenters. The Hall–Kier alpha value is -0.610. The van der Waals surface area contributed by atoms with E-state index >= 15 is 0 Å². The van der Waals surface area contributed by atoms with Gasteiger partial charge in [-0.1, -0.05) is 0 Å². The number of rotatable bonds is 3. The normalized spacial score (nSPS) is 25.2. The third kappa shape index (κ3) is 3.19. The van der Waals surface area contributed by atoms with Crippen LogP contribution in [0.1, 0.15) is 32.6 Å². The highest BCUT2D eigenvalue weighted by Crippen LogP contribution is 2.21. The lowest BCUT2D eigenvalue weighted by Crippen LogP contribution is -2.51. The molecule has 0 aromatic carbocycles. The van der Waals surface area contributed by atoms with E-state index in [9.17, 15) is 4.79 Å². The second kappa shape index (κ2) is 5.36. The largest absolute Gasteiger partial charge is 0.342 e. The number of hydrogen-bond donors (Lipinski definition) is 1. The summed E-state index contributed by atoms with van der Waals surface area (Å²) >= 11 is 0. The van der Waals surface area contributed by atoms with Gasteiger partial charge < -0.3 is 10.2 Å². The number of nitrogens with one attached hydrogen (secondary N) is 1. The van der Waals surface area contributed by atoms with E-state index < -0.39 is 0 Å². The van der Waals surface area contributed by atoms with Crippen LogP contribution in [0.4, 0.5) is 0 Å². The van der Waals surface area contributed by atoms with E-state index in [1.165, 1.54) is 12.8 Å². The number of likely N-dealkylation sites (tertiary alicyclic amines) is 2. The summed E-state index contributed by atoms with van der Waals surface area (Å²) in [5.74, 6) is 0.329. The van der Waals surface area contributed by atoms with E-state index in [-0.39, 0.29) is 5.54 Å². The molecule has 2 saturated heterocycles. The topological polar surface area (TPSA) is 35.6 Å². The molecule has 0 bridgehead atoms. The van der Waals surface area contributed by atoms with E-state index in [4.69, 9.17) is 0 Å². The molecule has 98 valence electrons. The van der Waals surface area contributed by atoms with Gasteiger partial charge in [-0.15, -0.1) is 0 Å². The van der Waals surface area contributed by atoms with Crippen molar-refractivity contribution in [1.82, 2.24) is 15.1 Å². The molecule has 1 amide bonds. The standard InChI is InChI=1S/C13H25N3O/c1-13(14-2)5-9-15(10-6-13)11-12(17)16-7-3-4-8-16/h14H,3-11H2,1-2H3. The van der Waals surface area contributed by atoms with Crippen LogP contribution in [0.25, 0.3) is 0 Å². The molecule has 0 aromatic heterocycles. The summed E-state index contributed by atoms with van der Waals surface area (Å²) in [6, 6.07) is 0. The average Bonchev–Trinajstić information content (AvgIpc) is 2.86. The van der Waals surface area contributed by atoms with Crippen molar-refractivity contribution in [2.24, 2.45) is 0 Å². The Morgan fingerprint density at radius 1 is 1.18 bits per heavy atom. The first-order chi connectivity index (χ1) is 8.13. The van der Waals surface area contributed by atoms with Gasteiger partial charge in [0.2, 0.25) is 5.91 Å². The van der Waals surface area contributed by atoms with Crippen LogP contribution >= 0.6 is 0 Å². The van der Waals surface area contributed by atoms with Crippen molar-refractivity contribution in [3.8, 4) is 0 Å². The number of amides is 1. The zero-order valence-corrected chi connectivity index (χ0v) is 11.2. The Morgan fingerprint density at radius 2 is 1.76 bits per heavy atom. The van der Waals surface area contributed by atoms with Gasteiger partial charge in [0.05, 0.1) is 6.54 Å². The summed E-state index contributed by atoms with van der Waals surface area (Å²) in [5, 5.41) is 3.39. The molecule has 0 saturated carbocycles. The number of carbonyl (C=O) groups excluding carboxylic acids is 1. The maximum atomic E-state index is 12.0. The molecule has 2 aliphatic rings. The smallest absolute Gasteiger partial charge is 0.236 e. The first-order valence-corrected chi connectivity index (χ1v) is 6.82. The fourth-order valence-corrected chi connectivity index (χ4v) is 2.71. The molecule has 0 spiro atoms. The van der Waals surface area contributed by atoms with Gasteiger partial charge in [0.1, 0.15) is 0 Å². The minimum atomic E-state index is 0.271. The molecule has 2 fully saturated rings. The zero-order chi connectivity index (χ0) is 12.3. The molecular formula is C13H25N3O. The van der Waals surface area contributed by atoms with Crippen molar-refractivity contribution in [2.75, 3.05) is 39.8 Å². The van der Waals surface area contributed by atoms with Crippen LogP contribution in [0, 0.1) is 0 Å². The minimum absolute atomic E-state index is 0.271. The summed E-state index contributed by atoms with van der Waals surface area (Å²) < 4.78 is 0. The van der Waals surface area contributed by atoms with Crippen molar-refractivity contribution in [3.63, 3.8) is 0 Å². The molecule has 4 nitrogen and oxygen atoms in total. The van der Waals surface area contributed by atoms with Crippen LogP contribution in [0.5, 0.6) is 0 Å². The van der Waals surface area contributed by atoms with E-state index in [0.29, 0.717) is 12.5 Å². The van der Waals surface area contributed by atoms with Gasteiger partial charge in [0.25, 0.3) is 0 Å². The highest BCUT2D eigenvalue weighted by molar-refractivity contribution is 5.78. The zero-order valence-electron chi connectivity index (χ0n) is 11.2. The summed E-state index contributed by atoms with van der Waals surface area (Å²) in [6.45, 7) is 6.92. The minimum Gasteiger partial charge on any atom is -0.342 e. The van der Waals surface area contributed by atoms with Gasteiger partial charge in [-0.25, -0.2) is 0 Å². The Kier molecular flexibility index (Phi) is 4.05. The molecule has 0 unspecified atom stereocenters. The van der Waals surface area contributed by atoms with Crippen LogP contribution < -0.4 is 5.32 Å². The first kappa shape index (κ1) is 12.8. The molecule has 2 rings (SSSR count). The molecule has 0 aromatic rings. The fourth-order valence-electron chi connectivity index (χ4n) is 2.71. The summed E-state index contributed by atoms with van der Waals surface area (Å²) in [4.78, 5) is 16.3. The van der Waals surface area contributed by atoms with E-state index in [0.717, 1.165) is 39.0 Å². The molecule has 0 aliphatic carbocycles. The van der Waals surface area contributed by atoms with Crippen molar-refractivity contribution < 1.29 is 4.79 Å². The summed E-state index contributed by atoms with van der Waals surface area (Å²) in [6.07, 6.45) is 4.64. The molecule has 0 radical (unpaired) electrons. The maximum absolute atomic E-state index is 12.0. The van der Waals surface area contributed by atoms with Crippen molar-refractivity contribution in [2.45, 2.75) is 38.1 Å². The second-order valence-electron chi connectivity index (χ2n) is 5.67. The summed E-state index contributed by atoms with van der Waals surface area (Å²) in [5.41, 5.74) is 0.271. The molecule has 17 heavy (non-hydrogen) atoms. The van der Waals surface area contributed by atoms with Gasteiger partial charge >= 0.3 is 0 Å². The third-order valence-corrected chi connectivity index (χ3v) is 4.38. The molecule has 1 N–H and O–H groups in total. The maximum Gasteiger partial charge on any atom is 0.236 e. The molecule has 4 heteroatoms. The Bertz CT molecular complexity index is 266. The highest BCUT2D eigenvalue weighted by atomic mass is 16.2. The van der Waals surface area contributed by atoms with Crippen molar-refractivity contribution in [3.05, 3.63) is 0 Å². The van der Waals surface area contributed by atoms with Crippen molar-refractivity contribution >= 4 is 5.91 Å². The van der Waals surface area contributed by atoms with Crippen LogP contribution in [0.15, 0.2) is 0 Å². The predicted molar refractivity (Wildman–Crippen MR) is 69.0 cm³/mol. The Morgan fingerprint density at radius 3 is 2.29 bits per heavy atom. The quantitative estimate of drug-likeness (QED) is 0.787. The molecule has 2 aliphatic heterocycles. The van der Waals surface area contributed by atoms with Crippen LogP contribution in [0.3, 0.4) is 0 Å². The van der Waals surface area contributed by atoms with Crippen LogP contribution in [0.2, 0.25) is 0 Å². The van der Waals surface area contributed by atoms with Crippen LogP contribution in [-0.2, 0) is 4.79 Å². The van der Waals surface area contributed by atoms with Crippen LogP contribution in [-0.4, -0.2) is 61.0 Å². The number of carbonyl (C=O) groups is 1. The summed E-state index contributed by atoms with van der Waals surface area (Å²) in [7, 11) is 2.03. The SMILES string of the molecule is CNC1(C)CCN(CC(=O)N2CCCC2)CC1. The second-order valence-corrected chi connectivity index (χ2v) is 5.67. The van der Waals surface area contributed by atoms with E-state index in [1.807, 2.05) is 11.9 Å². The number of hydrogen-bond acceptors (Lipinski definition) is 3. The molecule has 2 heterocycles. The first-order valence-electron chi connectivity index (χ1n) is 6.82. The molecular weight excluding hydrogens is 214 g/mol. The Balaban J connectivity index is 1.76. The van der Waals surface area contributed by atoms with Gasteiger partial charge in [-0.2, -0.15) is 0 Å². The number of piperidine rings is 1. The highest BCUT2D eigenvalue weighted by Gasteiger charge is 2.29. The average molecular weight is 239 g/mol. The van der Waals surface area contributed by atoms with Gasteiger partial charge in [-0.05, 0) is 39.7 Å². The van der Waals surface area contributed by atoms with E-state index in [2.05, 4.69) is 17.1 Å². The lowest BCUT2D eigenvalue weighted by Gasteiger charge is -2.39. The fraction of sp³-hybridized carbons (Fsp3) is 0.923. The Labute approximate surface area is 104 Å². The van der Waals surface area contributed by atoms with Gasteiger partial charge in [0.15, 0.2) is 0 Å². The lowest BCUT2D eigenvalue weighted by atomic mass is 9.90. The van der Waals surface area contributed by atoms with Gasteiger partial charge in [0, 0.05) is 31.7 Å². The lowest BCUT2D eigenvalue weighted by molar-refractivity contribution is -0.131. The monoisotopic (exact) mass is 239 g/mol. The third-order valence-electron chi connectivity index (χ3n) is 4.38.